The highest BCUT2D eigenvalue weighted by molar-refractivity contribution is 6.24. The summed E-state index contributed by atoms with van der Waals surface area (Å²) in [5.41, 5.74) is 7.50. The number of amides is 6. The Morgan fingerprint density at radius 1 is 0.722 bits per heavy atom. The highest BCUT2D eigenvalue weighted by Gasteiger charge is 2.46. The molecule has 0 saturated carbocycles. The lowest BCUT2D eigenvalue weighted by molar-refractivity contribution is -0.162. The van der Waals surface area contributed by atoms with Crippen molar-refractivity contribution in [2.75, 3.05) is 34.0 Å². The van der Waals surface area contributed by atoms with E-state index in [1.54, 1.807) is 37.3 Å². The van der Waals surface area contributed by atoms with Crippen molar-refractivity contribution in [1.29, 1.82) is 0 Å². The molecule has 414 valence electrons. The van der Waals surface area contributed by atoms with Crippen LogP contribution in [0.25, 0.3) is 0 Å². The number of ether oxygens (including phenoxy) is 5. The predicted molar refractivity (Wildman–Crippen MR) is 292 cm³/mol. The van der Waals surface area contributed by atoms with Crippen LogP contribution in [0, 0.1) is 20.8 Å². The number of benzene rings is 5. The Labute approximate surface area is 460 Å². The number of nitrogens with zero attached hydrogens (tertiary/aromatic N) is 2. The van der Waals surface area contributed by atoms with Crippen LogP contribution in [0.1, 0.15) is 136 Å². The summed E-state index contributed by atoms with van der Waals surface area (Å²) in [5, 5.41) is 5.06. The minimum Gasteiger partial charge on any atom is -0.493 e. The van der Waals surface area contributed by atoms with E-state index >= 15 is 0 Å². The van der Waals surface area contributed by atoms with Crippen molar-refractivity contribution in [2.24, 2.45) is 0 Å². The summed E-state index contributed by atoms with van der Waals surface area (Å²) in [5.74, 6) is -2.67. The second-order valence-corrected chi connectivity index (χ2v) is 20.4. The van der Waals surface area contributed by atoms with Gasteiger partial charge in [-0.1, -0.05) is 73.7 Å². The molecular formula is C62H68N4O13. The van der Waals surface area contributed by atoms with Crippen LogP contribution in [-0.4, -0.2) is 103 Å². The fraction of sp³-hybridized carbons (Fsp3) is 0.387. The molecule has 0 aromatic heterocycles. The van der Waals surface area contributed by atoms with Crippen molar-refractivity contribution < 1.29 is 62.0 Å². The van der Waals surface area contributed by atoms with Gasteiger partial charge in [0.05, 0.1) is 31.3 Å². The van der Waals surface area contributed by atoms with Gasteiger partial charge in [0.25, 0.3) is 17.7 Å². The van der Waals surface area contributed by atoms with Crippen LogP contribution in [0.5, 0.6) is 23.0 Å². The van der Waals surface area contributed by atoms with E-state index in [0.717, 1.165) is 51.1 Å². The number of imide groups is 2. The lowest BCUT2D eigenvalue weighted by atomic mass is 9.91. The molecule has 79 heavy (non-hydrogen) atoms. The Balaban J connectivity index is 0.842. The molecule has 2 saturated heterocycles. The zero-order valence-electron chi connectivity index (χ0n) is 45.6. The van der Waals surface area contributed by atoms with Gasteiger partial charge in [0.15, 0.2) is 23.9 Å². The summed E-state index contributed by atoms with van der Waals surface area (Å²) in [6, 6.07) is 27.3. The van der Waals surface area contributed by atoms with E-state index in [2.05, 4.69) is 42.7 Å². The van der Waals surface area contributed by atoms with Gasteiger partial charge in [0.1, 0.15) is 36.3 Å². The third-order valence-corrected chi connectivity index (χ3v) is 15.0. The average molecular weight is 1080 g/mol. The molecule has 3 aliphatic heterocycles. The molecule has 0 spiro atoms. The van der Waals surface area contributed by atoms with Crippen molar-refractivity contribution in [1.82, 2.24) is 20.4 Å². The highest BCUT2D eigenvalue weighted by Crippen LogP contribution is 2.38. The zero-order valence-corrected chi connectivity index (χ0v) is 45.6. The number of fused-ring (bicyclic) bond motifs is 1. The van der Waals surface area contributed by atoms with E-state index in [0.29, 0.717) is 61.5 Å². The minimum atomic E-state index is -1.12. The molecule has 8 rings (SSSR count). The maximum absolute atomic E-state index is 14.5. The van der Waals surface area contributed by atoms with Gasteiger partial charge in [-0.05, 0) is 147 Å². The fourth-order valence-corrected chi connectivity index (χ4v) is 10.5. The second-order valence-electron chi connectivity index (χ2n) is 20.4. The third kappa shape index (κ3) is 13.5. The van der Waals surface area contributed by atoms with Gasteiger partial charge < -0.3 is 33.9 Å². The van der Waals surface area contributed by atoms with Gasteiger partial charge in [-0.15, -0.1) is 0 Å². The number of carbonyl (C=O) groups excluding carboxylic acids is 8. The Morgan fingerprint density at radius 3 is 2.22 bits per heavy atom. The summed E-state index contributed by atoms with van der Waals surface area (Å²) in [6.45, 7) is 8.04. The molecule has 6 amide bonds. The summed E-state index contributed by atoms with van der Waals surface area (Å²) in [7, 11) is 3.15. The van der Waals surface area contributed by atoms with Gasteiger partial charge in [0, 0.05) is 25.9 Å². The number of piperidine rings is 2. The number of hydrogen-bond acceptors (Lipinski definition) is 13. The number of aryl methyl sites for hydroxylation is 5. The summed E-state index contributed by atoms with van der Waals surface area (Å²) >= 11 is 0. The van der Waals surface area contributed by atoms with Crippen LogP contribution in [0.15, 0.2) is 97.1 Å². The quantitative estimate of drug-likeness (QED) is 0.0468. The number of esters is 1. The lowest BCUT2D eigenvalue weighted by Crippen LogP contribution is -2.54. The first-order valence-corrected chi connectivity index (χ1v) is 26.9. The molecule has 4 atom stereocenters. The summed E-state index contributed by atoms with van der Waals surface area (Å²) in [4.78, 5) is 108. The van der Waals surface area contributed by atoms with Crippen LogP contribution in [0.4, 0.5) is 0 Å². The van der Waals surface area contributed by atoms with E-state index in [1.807, 2.05) is 56.3 Å². The van der Waals surface area contributed by atoms with Gasteiger partial charge in [-0.2, -0.15) is 0 Å². The second kappa shape index (κ2) is 25.9. The molecule has 17 nitrogen and oxygen atoms in total. The average Bonchev–Trinajstić information content (AvgIpc) is 3.99. The Kier molecular flexibility index (Phi) is 18.6. The van der Waals surface area contributed by atoms with Crippen LogP contribution in [0.3, 0.4) is 0 Å². The maximum atomic E-state index is 14.5. The van der Waals surface area contributed by atoms with Crippen LogP contribution in [-0.2, 0) is 52.9 Å². The van der Waals surface area contributed by atoms with Crippen LogP contribution >= 0.6 is 0 Å². The predicted octanol–water partition coefficient (Wildman–Crippen LogP) is 8.10. The third-order valence-electron chi connectivity index (χ3n) is 15.0. The molecule has 0 aliphatic carbocycles. The van der Waals surface area contributed by atoms with Crippen molar-refractivity contribution in [3.05, 3.63) is 153 Å². The molecule has 5 aromatic carbocycles. The Morgan fingerprint density at radius 2 is 1.48 bits per heavy atom. The first kappa shape index (κ1) is 56.9. The SMILES string of the molecule is CC[C@H](C(=O)N1CCCC[C@H]1C(=O)OC(CCc1ccc(C)c(C)c1)c1cccc(OCC(=O)NCc2ccc(CCC(=O)COc3cccc4c3C(=O)N(C3CCC(=O)NC3=O)C4=O)cc2)c1)c1cc(C)c(OC)c(OC)c1. The summed E-state index contributed by atoms with van der Waals surface area (Å²) in [6.07, 6.45) is 3.48. The molecule has 17 heteroatoms. The van der Waals surface area contributed by atoms with Crippen molar-refractivity contribution in [3.8, 4) is 23.0 Å². The zero-order chi connectivity index (χ0) is 56.3. The molecule has 3 heterocycles. The molecule has 3 aliphatic rings. The maximum Gasteiger partial charge on any atom is 0.329 e. The van der Waals surface area contributed by atoms with Crippen molar-refractivity contribution in [3.63, 3.8) is 0 Å². The van der Waals surface area contributed by atoms with Gasteiger partial charge in [-0.3, -0.25) is 43.8 Å². The van der Waals surface area contributed by atoms with E-state index < -0.39 is 53.7 Å². The van der Waals surface area contributed by atoms with Crippen molar-refractivity contribution >= 4 is 47.2 Å². The normalized spacial score (nSPS) is 16.8. The Hall–Kier alpha value is -8.34. The topological polar surface area (TPSA) is 213 Å². The van der Waals surface area contributed by atoms with Gasteiger partial charge in [0.2, 0.25) is 17.7 Å². The Bertz CT molecular complexity index is 3130. The van der Waals surface area contributed by atoms with Crippen LogP contribution < -0.4 is 29.6 Å². The van der Waals surface area contributed by atoms with Gasteiger partial charge in [-0.25, -0.2) is 4.79 Å². The monoisotopic (exact) mass is 1080 g/mol. The highest BCUT2D eigenvalue weighted by atomic mass is 16.5. The first-order valence-electron chi connectivity index (χ1n) is 26.9. The van der Waals surface area contributed by atoms with E-state index in [1.165, 1.54) is 23.8 Å². The smallest absolute Gasteiger partial charge is 0.329 e. The summed E-state index contributed by atoms with van der Waals surface area (Å²) < 4.78 is 29.4. The number of carbonyl (C=O) groups is 8. The van der Waals surface area contributed by atoms with E-state index in [4.69, 9.17) is 23.7 Å². The molecule has 0 radical (unpaired) electrons. The molecule has 2 fully saturated rings. The standard InChI is InChI=1S/C62H68N4O13/c1-7-47(44-31-39(4)57(76-6)53(33-44)75-5)59(71)65-29-9-8-15-50(65)62(74)79-51(27-24-41-18-17-37(2)38(3)30-41)43-12-10-13-46(32-43)77-36-55(69)63-34-42-21-19-40(20-22-42)23-25-45(67)35-78-52-16-11-14-48-56(52)61(73)66(60(48)72)49-26-28-54(68)64-58(49)70/h10-14,16-22,30-33,47,49-51H,7-9,15,23-29,34-36H2,1-6H3,(H,63,69)(H,64,68,70)/t47-,49?,50-,51?/m0/s1. The number of hydrogen-bond donors (Lipinski definition) is 2. The number of likely N-dealkylation sites (tertiary alicyclic amines) is 1. The molecule has 2 N–H and O–H groups in total. The first-order chi connectivity index (χ1) is 38.1. The van der Waals surface area contributed by atoms with E-state index in [-0.39, 0.29) is 73.5 Å². The fourth-order valence-electron chi connectivity index (χ4n) is 10.5. The number of nitrogens with one attached hydrogen (secondary N) is 2. The van der Waals surface area contributed by atoms with Gasteiger partial charge >= 0.3 is 5.97 Å². The van der Waals surface area contributed by atoms with E-state index in [9.17, 15) is 38.4 Å². The largest absolute Gasteiger partial charge is 0.493 e. The molecule has 5 aromatic rings. The number of methoxy groups -OCH3 is 2. The van der Waals surface area contributed by atoms with Crippen molar-refractivity contribution in [2.45, 2.75) is 123 Å². The molecule has 0 bridgehead atoms. The number of ketones is 1. The molecular weight excluding hydrogens is 1010 g/mol. The number of rotatable bonds is 23. The van der Waals surface area contributed by atoms with Crippen LogP contribution in [0.2, 0.25) is 0 Å². The minimum absolute atomic E-state index is 0.00567. The number of Topliss-reactive ketones (excluding diaryl/α,β-unsaturated/α-hetero) is 1. The molecule has 2 unspecified atom stereocenters. The lowest BCUT2D eigenvalue weighted by Gasteiger charge is -2.37.